The van der Waals surface area contributed by atoms with Gasteiger partial charge in [0.25, 0.3) is 0 Å². The minimum Gasteiger partial charge on any atom is -0.444 e. The molecule has 0 saturated carbocycles. The number of carbonyl (C=O) groups excluding carboxylic acids is 1. The topological polar surface area (TPSA) is 60.1 Å². The molecule has 1 N–H and O–H groups in total. The fraction of sp³-hybridized carbons (Fsp3) is 0.938. The van der Waals surface area contributed by atoms with Gasteiger partial charge in [-0.2, -0.15) is 0 Å². The Bertz CT molecular complexity index is 381. The van der Waals surface area contributed by atoms with Crippen molar-refractivity contribution in [3.63, 3.8) is 0 Å². The van der Waals surface area contributed by atoms with Gasteiger partial charge >= 0.3 is 6.09 Å². The summed E-state index contributed by atoms with van der Waals surface area (Å²) in [7, 11) is -1.96. The predicted octanol–water partition coefficient (Wildman–Crippen LogP) is 4.04. The van der Waals surface area contributed by atoms with Crippen molar-refractivity contribution in [2.75, 3.05) is 6.61 Å². The van der Waals surface area contributed by atoms with Crippen molar-refractivity contribution >= 4 is 14.4 Å². The Kier molecular flexibility index (Phi) is 6.09. The summed E-state index contributed by atoms with van der Waals surface area (Å²) in [6, 6.07) is 0. The third kappa shape index (κ3) is 7.11. The highest BCUT2D eigenvalue weighted by Crippen LogP contribution is 2.37. The molecule has 0 spiro atoms. The molecule has 1 aliphatic heterocycles. The maximum absolute atomic E-state index is 12.0. The van der Waals surface area contributed by atoms with E-state index in [1.54, 1.807) is 0 Å². The van der Waals surface area contributed by atoms with E-state index < -0.39 is 20.0 Å². The Morgan fingerprint density at radius 1 is 1.27 bits per heavy atom. The second-order valence-corrected chi connectivity index (χ2v) is 13.3. The molecule has 1 rings (SSSR count). The molecular formula is C16H33NO4Si. The number of carbonyl (C=O) groups is 1. The third-order valence-electron chi connectivity index (χ3n) is 4.07. The zero-order valence-electron chi connectivity index (χ0n) is 15.4. The number of rotatable bonds is 6. The molecule has 2 atom stereocenters. The van der Waals surface area contributed by atoms with Gasteiger partial charge in [-0.15, -0.1) is 0 Å². The van der Waals surface area contributed by atoms with Crippen LogP contribution in [0.25, 0.3) is 0 Å². The van der Waals surface area contributed by atoms with Crippen molar-refractivity contribution in [3.8, 4) is 0 Å². The average Bonchev–Trinajstić information content (AvgIpc) is 3.04. The fourth-order valence-electron chi connectivity index (χ4n) is 1.70. The minimum atomic E-state index is -1.96. The van der Waals surface area contributed by atoms with Gasteiger partial charge in [0, 0.05) is 0 Å². The standard InChI is InChI=1S/C16H33NO4Si/c1-15(2,3)20-14(18)17-13(10-9-12-11-19-12)21-22(7,8)16(4,5)6/h12-13H,9-11H2,1-8H3,(H,17,18). The van der Waals surface area contributed by atoms with E-state index in [1.807, 2.05) is 20.8 Å². The van der Waals surface area contributed by atoms with Crippen molar-refractivity contribution in [1.82, 2.24) is 5.32 Å². The second-order valence-electron chi connectivity index (χ2n) is 8.55. The summed E-state index contributed by atoms with van der Waals surface area (Å²) in [5, 5.41) is 2.97. The quantitative estimate of drug-likeness (QED) is 0.453. The number of amides is 1. The molecule has 0 aromatic carbocycles. The molecule has 2 unspecified atom stereocenters. The van der Waals surface area contributed by atoms with Gasteiger partial charge in [0.1, 0.15) is 11.8 Å². The summed E-state index contributed by atoms with van der Waals surface area (Å²) in [5.74, 6) is 0. The molecule has 1 fully saturated rings. The largest absolute Gasteiger partial charge is 0.444 e. The summed E-state index contributed by atoms with van der Waals surface area (Å²) < 4.78 is 16.9. The van der Waals surface area contributed by atoms with Crippen molar-refractivity contribution < 1.29 is 18.7 Å². The summed E-state index contributed by atoms with van der Waals surface area (Å²) in [5.41, 5.74) is -0.509. The van der Waals surface area contributed by atoms with Crippen LogP contribution in [0.1, 0.15) is 54.4 Å². The van der Waals surface area contributed by atoms with E-state index in [9.17, 15) is 4.79 Å². The molecule has 1 saturated heterocycles. The van der Waals surface area contributed by atoms with Crippen LogP contribution in [-0.2, 0) is 13.9 Å². The molecule has 0 aromatic rings. The Balaban J connectivity index is 2.64. The number of alkyl carbamates (subject to hydrolysis) is 1. The number of ether oxygens (including phenoxy) is 2. The summed E-state index contributed by atoms with van der Waals surface area (Å²) in [6.45, 7) is 17.3. The molecule has 1 amide bonds. The van der Waals surface area contributed by atoms with Crippen LogP contribution in [0.4, 0.5) is 4.79 Å². The lowest BCUT2D eigenvalue weighted by Gasteiger charge is -2.39. The highest BCUT2D eigenvalue weighted by atomic mass is 28.4. The normalized spacial score (nSPS) is 20.5. The molecule has 130 valence electrons. The lowest BCUT2D eigenvalue weighted by molar-refractivity contribution is 0.0357. The van der Waals surface area contributed by atoms with Crippen LogP contribution in [0.2, 0.25) is 18.1 Å². The van der Waals surface area contributed by atoms with E-state index in [2.05, 4.69) is 39.2 Å². The molecule has 5 nitrogen and oxygen atoms in total. The Hall–Kier alpha value is -0.593. The summed E-state index contributed by atoms with van der Waals surface area (Å²) in [4.78, 5) is 12.0. The highest BCUT2D eigenvalue weighted by molar-refractivity contribution is 6.74. The first-order valence-electron chi connectivity index (χ1n) is 8.09. The van der Waals surface area contributed by atoms with Gasteiger partial charge in [-0.25, -0.2) is 4.79 Å². The summed E-state index contributed by atoms with van der Waals surface area (Å²) in [6.07, 6.45) is 1.23. The maximum atomic E-state index is 12.0. The maximum Gasteiger partial charge on any atom is 0.409 e. The molecule has 6 heteroatoms. The second kappa shape index (κ2) is 6.89. The van der Waals surface area contributed by atoms with E-state index in [0.29, 0.717) is 6.10 Å². The van der Waals surface area contributed by atoms with Gasteiger partial charge in [0.15, 0.2) is 8.32 Å². The molecule has 0 bridgehead atoms. The highest BCUT2D eigenvalue weighted by Gasteiger charge is 2.40. The van der Waals surface area contributed by atoms with Crippen LogP contribution in [0.5, 0.6) is 0 Å². The Labute approximate surface area is 136 Å². The lowest BCUT2D eigenvalue weighted by atomic mass is 10.2. The molecule has 1 aliphatic rings. The Morgan fingerprint density at radius 2 is 1.82 bits per heavy atom. The van der Waals surface area contributed by atoms with E-state index in [4.69, 9.17) is 13.9 Å². The number of nitrogens with one attached hydrogen (secondary N) is 1. The van der Waals surface area contributed by atoms with Crippen LogP contribution in [0.15, 0.2) is 0 Å². The van der Waals surface area contributed by atoms with E-state index in [1.165, 1.54) is 0 Å². The van der Waals surface area contributed by atoms with E-state index >= 15 is 0 Å². The first-order chi connectivity index (χ1) is 9.80. The summed E-state index contributed by atoms with van der Waals surface area (Å²) >= 11 is 0. The number of hydrogen-bond acceptors (Lipinski definition) is 4. The van der Waals surface area contributed by atoms with E-state index in [-0.39, 0.29) is 11.3 Å². The fourth-order valence-corrected chi connectivity index (χ4v) is 2.95. The average molecular weight is 332 g/mol. The van der Waals surface area contributed by atoms with Gasteiger partial charge in [0.2, 0.25) is 0 Å². The van der Waals surface area contributed by atoms with Crippen LogP contribution in [-0.4, -0.2) is 39.0 Å². The Morgan fingerprint density at radius 3 is 2.23 bits per heavy atom. The van der Waals surface area contributed by atoms with Crippen molar-refractivity contribution in [1.29, 1.82) is 0 Å². The van der Waals surface area contributed by atoms with Crippen molar-refractivity contribution in [3.05, 3.63) is 0 Å². The van der Waals surface area contributed by atoms with E-state index in [0.717, 1.165) is 19.4 Å². The first-order valence-corrected chi connectivity index (χ1v) is 11.0. The SMILES string of the molecule is CC(C)(C)OC(=O)NC(CCC1CO1)O[Si](C)(C)C(C)(C)C. The van der Waals surface area contributed by atoms with Crippen molar-refractivity contribution in [2.45, 2.75) is 90.4 Å². The molecule has 0 radical (unpaired) electrons. The minimum absolute atomic E-state index is 0.0942. The van der Waals surface area contributed by atoms with Crippen LogP contribution in [0, 0.1) is 0 Å². The third-order valence-corrected chi connectivity index (χ3v) is 8.56. The molecular weight excluding hydrogens is 298 g/mol. The van der Waals surface area contributed by atoms with Crippen LogP contribution < -0.4 is 5.32 Å². The molecule has 22 heavy (non-hydrogen) atoms. The predicted molar refractivity (Wildman–Crippen MR) is 90.4 cm³/mol. The van der Waals surface area contributed by atoms with Gasteiger partial charge < -0.3 is 13.9 Å². The van der Waals surface area contributed by atoms with Gasteiger partial charge in [-0.1, -0.05) is 20.8 Å². The molecule has 1 heterocycles. The van der Waals surface area contributed by atoms with Gasteiger partial charge in [-0.05, 0) is 51.7 Å². The number of epoxide rings is 1. The van der Waals surface area contributed by atoms with Crippen LogP contribution >= 0.6 is 0 Å². The van der Waals surface area contributed by atoms with Gasteiger partial charge in [0.05, 0.1) is 12.7 Å². The molecule has 0 aromatic heterocycles. The monoisotopic (exact) mass is 331 g/mol. The van der Waals surface area contributed by atoms with Crippen molar-refractivity contribution in [2.24, 2.45) is 0 Å². The van der Waals surface area contributed by atoms with Gasteiger partial charge in [-0.3, -0.25) is 5.32 Å². The lowest BCUT2D eigenvalue weighted by Crippen LogP contribution is -2.50. The van der Waals surface area contributed by atoms with Crippen LogP contribution in [0.3, 0.4) is 0 Å². The number of hydrogen-bond donors (Lipinski definition) is 1. The zero-order chi connectivity index (χ0) is 17.2. The zero-order valence-corrected chi connectivity index (χ0v) is 16.4. The smallest absolute Gasteiger partial charge is 0.409 e. The molecule has 0 aliphatic carbocycles. The first kappa shape index (κ1) is 19.5.